The van der Waals surface area contributed by atoms with Gasteiger partial charge in [0.2, 0.25) is 0 Å². The molecule has 0 unspecified atom stereocenters. The fraction of sp³-hybridized carbons (Fsp3) is 0.185. The van der Waals surface area contributed by atoms with E-state index in [9.17, 15) is 4.79 Å². The Morgan fingerprint density at radius 1 is 0.844 bits per heavy atom. The van der Waals surface area contributed by atoms with E-state index in [-0.39, 0.29) is 5.91 Å². The number of nitrogens with one attached hydrogen (secondary N) is 1. The van der Waals surface area contributed by atoms with Crippen LogP contribution < -0.4 is 14.8 Å². The lowest BCUT2D eigenvalue weighted by atomic mass is 9.99. The van der Waals surface area contributed by atoms with Crippen LogP contribution in [0.15, 0.2) is 60.7 Å². The molecule has 0 radical (unpaired) electrons. The molecule has 5 heteroatoms. The van der Waals surface area contributed by atoms with Gasteiger partial charge in [0, 0.05) is 17.0 Å². The first-order valence-electron chi connectivity index (χ1n) is 10.4. The van der Waals surface area contributed by atoms with Crippen LogP contribution in [0, 0.1) is 20.8 Å². The zero-order valence-corrected chi connectivity index (χ0v) is 18.9. The number of hydrogen-bond donors (Lipinski definition) is 1. The number of carbonyl (C=O) groups is 1. The number of ether oxygens (including phenoxy) is 2. The zero-order valence-electron chi connectivity index (χ0n) is 18.9. The van der Waals surface area contributed by atoms with Gasteiger partial charge in [-0.25, -0.2) is 4.98 Å². The molecule has 0 aliphatic carbocycles. The van der Waals surface area contributed by atoms with E-state index in [1.165, 1.54) is 5.56 Å². The third kappa shape index (κ3) is 4.14. The molecule has 1 heterocycles. The minimum absolute atomic E-state index is 0.223. The molecule has 4 rings (SSSR count). The van der Waals surface area contributed by atoms with Gasteiger partial charge in [0.1, 0.15) is 11.5 Å². The van der Waals surface area contributed by atoms with E-state index in [1.54, 1.807) is 32.4 Å². The lowest BCUT2D eigenvalue weighted by Crippen LogP contribution is -2.14. The van der Waals surface area contributed by atoms with Crippen molar-refractivity contribution in [2.24, 2.45) is 0 Å². The van der Waals surface area contributed by atoms with Crippen LogP contribution in [0.5, 0.6) is 11.5 Å². The van der Waals surface area contributed by atoms with Crippen LogP contribution in [-0.4, -0.2) is 25.1 Å². The van der Waals surface area contributed by atoms with E-state index in [4.69, 9.17) is 14.5 Å². The molecule has 1 amide bonds. The van der Waals surface area contributed by atoms with Crippen molar-refractivity contribution in [3.05, 3.63) is 82.9 Å². The number of amides is 1. The molecular weight excluding hydrogens is 400 g/mol. The number of methoxy groups -OCH3 is 2. The molecule has 3 aromatic carbocycles. The van der Waals surface area contributed by atoms with Crippen molar-refractivity contribution in [2.45, 2.75) is 20.8 Å². The molecule has 5 nitrogen and oxygen atoms in total. The van der Waals surface area contributed by atoms with E-state index in [2.05, 4.69) is 11.4 Å². The molecule has 162 valence electrons. The molecule has 0 aliphatic rings. The van der Waals surface area contributed by atoms with Crippen molar-refractivity contribution < 1.29 is 14.3 Å². The lowest BCUT2D eigenvalue weighted by Gasteiger charge is -2.15. The Balaban J connectivity index is 1.85. The summed E-state index contributed by atoms with van der Waals surface area (Å²) in [7, 11) is 3.15. The summed E-state index contributed by atoms with van der Waals surface area (Å²) >= 11 is 0. The van der Waals surface area contributed by atoms with Crippen LogP contribution in [0.1, 0.15) is 27.0 Å². The summed E-state index contributed by atoms with van der Waals surface area (Å²) in [4.78, 5) is 18.4. The molecular formula is C27H26N2O3. The molecule has 0 fully saturated rings. The first-order valence-corrected chi connectivity index (χ1v) is 10.4. The summed E-state index contributed by atoms with van der Waals surface area (Å²) in [5.74, 6) is 0.962. The quantitative estimate of drug-likeness (QED) is 0.419. The third-order valence-electron chi connectivity index (χ3n) is 5.50. The van der Waals surface area contributed by atoms with Gasteiger partial charge in [-0.2, -0.15) is 0 Å². The number of pyridine rings is 1. The number of nitrogens with zero attached hydrogens (tertiary/aromatic N) is 1. The number of anilines is 1. The van der Waals surface area contributed by atoms with Crippen molar-refractivity contribution in [3.63, 3.8) is 0 Å². The second kappa shape index (κ2) is 8.71. The number of benzene rings is 3. The first kappa shape index (κ1) is 21.4. The third-order valence-corrected chi connectivity index (χ3v) is 5.50. The largest absolute Gasteiger partial charge is 0.497 e. The fourth-order valence-corrected chi connectivity index (χ4v) is 3.83. The SMILES string of the molecule is COc1ccc(NC(=O)c2cc(-c3ccc(C)cc3)nc3c(C)cc(C)cc23)c(OC)c1. The molecule has 0 saturated heterocycles. The number of rotatable bonds is 5. The minimum atomic E-state index is -0.223. The highest BCUT2D eigenvalue weighted by Crippen LogP contribution is 2.32. The second-order valence-corrected chi connectivity index (χ2v) is 7.92. The van der Waals surface area contributed by atoms with E-state index >= 15 is 0 Å². The highest BCUT2D eigenvalue weighted by Gasteiger charge is 2.17. The Morgan fingerprint density at radius 2 is 1.59 bits per heavy atom. The highest BCUT2D eigenvalue weighted by atomic mass is 16.5. The van der Waals surface area contributed by atoms with Gasteiger partial charge in [0.15, 0.2) is 0 Å². The summed E-state index contributed by atoms with van der Waals surface area (Å²) in [5, 5.41) is 3.82. The van der Waals surface area contributed by atoms with Crippen LogP contribution in [0.4, 0.5) is 5.69 Å². The second-order valence-electron chi connectivity index (χ2n) is 7.92. The van der Waals surface area contributed by atoms with Gasteiger partial charge in [-0.05, 0) is 50.6 Å². The topological polar surface area (TPSA) is 60.5 Å². The molecule has 0 saturated carbocycles. The van der Waals surface area contributed by atoms with E-state index in [0.717, 1.165) is 33.3 Å². The molecule has 4 aromatic rings. The minimum Gasteiger partial charge on any atom is -0.497 e. The Labute approximate surface area is 188 Å². The summed E-state index contributed by atoms with van der Waals surface area (Å²) < 4.78 is 10.7. The van der Waals surface area contributed by atoms with E-state index in [1.807, 2.05) is 57.2 Å². The van der Waals surface area contributed by atoms with Crippen molar-refractivity contribution in [3.8, 4) is 22.8 Å². The Bertz CT molecular complexity index is 1310. The smallest absolute Gasteiger partial charge is 0.256 e. The van der Waals surface area contributed by atoms with Crippen LogP contribution in [0.2, 0.25) is 0 Å². The van der Waals surface area contributed by atoms with Gasteiger partial charge in [-0.15, -0.1) is 0 Å². The highest BCUT2D eigenvalue weighted by molar-refractivity contribution is 6.14. The summed E-state index contributed by atoms with van der Waals surface area (Å²) in [6.45, 7) is 6.09. The van der Waals surface area contributed by atoms with Crippen LogP contribution in [0.3, 0.4) is 0 Å². The zero-order chi connectivity index (χ0) is 22.8. The van der Waals surface area contributed by atoms with Crippen LogP contribution >= 0.6 is 0 Å². The van der Waals surface area contributed by atoms with Gasteiger partial charge in [-0.1, -0.05) is 41.5 Å². The summed E-state index contributed by atoms with van der Waals surface area (Å²) in [6.07, 6.45) is 0. The average molecular weight is 427 g/mol. The van der Waals surface area contributed by atoms with Crippen LogP contribution in [0.25, 0.3) is 22.2 Å². The number of aromatic nitrogens is 1. The van der Waals surface area contributed by atoms with Gasteiger partial charge >= 0.3 is 0 Å². The maximum absolute atomic E-state index is 13.5. The van der Waals surface area contributed by atoms with Gasteiger partial charge < -0.3 is 14.8 Å². The molecule has 1 aromatic heterocycles. The molecule has 1 N–H and O–H groups in total. The summed E-state index contributed by atoms with van der Waals surface area (Å²) in [5.41, 5.74) is 6.97. The molecule has 0 aliphatic heterocycles. The monoisotopic (exact) mass is 426 g/mol. The molecule has 0 atom stereocenters. The van der Waals surface area contributed by atoms with Crippen molar-refractivity contribution in [1.29, 1.82) is 0 Å². The number of hydrogen-bond acceptors (Lipinski definition) is 4. The maximum atomic E-state index is 13.5. The maximum Gasteiger partial charge on any atom is 0.256 e. The number of carbonyl (C=O) groups excluding carboxylic acids is 1. The Kier molecular flexibility index (Phi) is 5.82. The number of fused-ring (bicyclic) bond motifs is 1. The van der Waals surface area contributed by atoms with E-state index < -0.39 is 0 Å². The molecule has 0 bridgehead atoms. The predicted octanol–water partition coefficient (Wildman–Crippen LogP) is 6.10. The molecule has 0 spiro atoms. The molecule has 32 heavy (non-hydrogen) atoms. The van der Waals surface area contributed by atoms with E-state index in [0.29, 0.717) is 22.7 Å². The predicted molar refractivity (Wildman–Crippen MR) is 129 cm³/mol. The van der Waals surface area contributed by atoms with Crippen molar-refractivity contribution in [1.82, 2.24) is 4.98 Å². The lowest BCUT2D eigenvalue weighted by molar-refractivity contribution is 0.102. The average Bonchev–Trinajstić information content (AvgIpc) is 2.79. The van der Waals surface area contributed by atoms with Gasteiger partial charge in [-0.3, -0.25) is 4.79 Å². The van der Waals surface area contributed by atoms with Gasteiger partial charge in [0.25, 0.3) is 5.91 Å². The fourth-order valence-electron chi connectivity index (χ4n) is 3.83. The van der Waals surface area contributed by atoms with Crippen LogP contribution in [-0.2, 0) is 0 Å². The standard InChI is InChI=1S/C27H26N2O3/c1-16-6-8-19(9-7-16)24-15-22(21-13-17(2)12-18(3)26(21)28-24)27(30)29-23-11-10-20(31-4)14-25(23)32-5/h6-15H,1-5H3,(H,29,30). The summed E-state index contributed by atoms with van der Waals surface area (Å²) in [6, 6.07) is 19.4. The first-order chi connectivity index (χ1) is 15.4. The van der Waals surface area contributed by atoms with Gasteiger partial charge in [0.05, 0.1) is 36.7 Å². The Morgan fingerprint density at radius 3 is 2.28 bits per heavy atom. The van der Waals surface area contributed by atoms with Crippen molar-refractivity contribution >= 4 is 22.5 Å². The van der Waals surface area contributed by atoms with Crippen molar-refractivity contribution in [2.75, 3.05) is 19.5 Å². The number of aryl methyl sites for hydroxylation is 3. The normalized spacial score (nSPS) is 10.8. The Hall–Kier alpha value is -3.86.